The minimum Gasteiger partial charge on any atom is -0.331 e. The second kappa shape index (κ2) is 6.45. The average Bonchev–Trinajstić information content (AvgIpc) is 3.45. The molecule has 1 fully saturated rings. The summed E-state index contributed by atoms with van der Waals surface area (Å²) in [6, 6.07) is 11.7. The molecule has 0 bridgehead atoms. The van der Waals surface area contributed by atoms with Gasteiger partial charge in [0.15, 0.2) is 0 Å². The van der Waals surface area contributed by atoms with Crippen LogP contribution in [0.4, 0.5) is 0 Å². The van der Waals surface area contributed by atoms with Crippen LogP contribution in [0.15, 0.2) is 48.8 Å². The molecule has 1 aliphatic rings. The lowest BCUT2D eigenvalue weighted by Crippen LogP contribution is -2.33. The molecule has 4 nitrogen and oxygen atoms in total. The minimum atomic E-state index is 0.0261. The third-order valence-corrected chi connectivity index (χ3v) is 4.76. The van der Waals surface area contributed by atoms with Crippen molar-refractivity contribution < 1.29 is 4.79 Å². The van der Waals surface area contributed by atoms with Gasteiger partial charge in [-0.3, -0.25) is 14.8 Å². The zero-order chi connectivity index (χ0) is 17.4. The standard InChI is InChI=1S/C20H18ClN3O/c1-13-18(10-15-9-16(21)4-7-19(15)23-13)20(25)24(17-5-6-17)12-14-3-2-8-22-11-14/h2-4,7-11,17H,5-6,12H2,1H3. The molecule has 0 saturated heterocycles. The van der Waals surface area contributed by atoms with E-state index < -0.39 is 0 Å². The van der Waals surface area contributed by atoms with Crippen molar-refractivity contribution in [2.24, 2.45) is 0 Å². The van der Waals surface area contributed by atoms with Gasteiger partial charge in [-0.2, -0.15) is 0 Å². The first kappa shape index (κ1) is 16.0. The van der Waals surface area contributed by atoms with Crippen LogP contribution in [0.25, 0.3) is 10.9 Å². The maximum Gasteiger partial charge on any atom is 0.256 e. The molecule has 0 radical (unpaired) electrons. The fraction of sp³-hybridized carbons (Fsp3) is 0.250. The molecule has 1 saturated carbocycles. The number of benzene rings is 1. The second-order valence-corrected chi connectivity index (χ2v) is 6.92. The lowest BCUT2D eigenvalue weighted by molar-refractivity contribution is 0.0728. The molecular weight excluding hydrogens is 334 g/mol. The number of fused-ring (bicyclic) bond motifs is 1. The summed E-state index contributed by atoms with van der Waals surface area (Å²) in [7, 11) is 0. The van der Waals surface area contributed by atoms with E-state index in [9.17, 15) is 4.79 Å². The van der Waals surface area contributed by atoms with E-state index >= 15 is 0 Å². The highest BCUT2D eigenvalue weighted by molar-refractivity contribution is 6.31. The van der Waals surface area contributed by atoms with Crippen LogP contribution in [0.5, 0.6) is 0 Å². The highest BCUT2D eigenvalue weighted by Gasteiger charge is 2.33. The lowest BCUT2D eigenvalue weighted by Gasteiger charge is -2.23. The number of halogens is 1. The van der Waals surface area contributed by atoms with Crippen LogP contribution in [-0.4, -0.2) is 26.8 Å². The van der Waals surface area contributed by atoms with Crippen molar-refractivity contribution in [1.29, 1.82) is 0 Å². The molecule has 126 valence electrons. The highest BCUT2D eigenvalue weighted by atomic mass is 35.5. The number of amides is 1. The average molecular weight is 352 g/mol. The predicted molar refractivity (Wildman–Crippen MR) is 98.6 cm³/mol. The molecule has 2 aromatic heterocycles. The Balaban J connectivity index is 1.70. The van der Waals surface area contributed by atoms with E-state index in [1.165, 1.54) is 0 Å². The number of aromatic nitrogens is 2. The highest BCUT2D eigenvalue weighted by Crippen LogP contribution is 2.31. The van der Waals surface area contributed by atoms with E-state index in [-0.39, 0.29) is 5.91 Å². The van der Waals surface area contributed by atoms with Crippen LogP contribution >= 0.6 is 11.6 Å². The van der Waals surface area contributed by atoms with Gasteiger partial charge in [-0.15, -0.1) is 0 Å². The van der Waals surface area contributed by atoms with Crippen molar-refractivity contribution in [2.75, 3.05) is 0 Å². The zero-order valence-corrected chi connectivity index (χ0v) is 14.7. The van der Waals surface area contributed by atoms with Gasteiger partial charge in [0.2, 0.25) is 0 Å². The van der Waals surface area contributed by atoms with Gasteiger partial charge >= 0.3 is 0 Å². The molecule has 3 aromatic rings. The number of rotatable bonds is 4. The van der Waals surface area contributed by atoms with Crippen molar-refractivity contribution in [2.45, 2.75) is 32.4 Å². The zero-order valence-electron chi connectivity index (χ0n) is 13.9. The molecule has 0 atom stereocenters. The summed E-state index contributed by atoms with van der Waals surface area (Å²) in [6.45, 7) is 2.46. The van der Waals surface area contributed by atoms with Gasteiger partial charge in [-0.05, 0) is 55.7 Å². The van der Waals surface area contributed by atoms with E-state index in [1.54, 1.807) is 6.20 Å². The fourth-order valence-electron chi connectivity index (χ4n) is 3.06. The second-order valence-electron chi connectivity index (χ2n) is 6.48. The van der Waals surface area contributed by atoms with E-state index in [4.69, 9.17) is 11.6 Å². The molecule has 0 unspecified atom stereocenters. The minimum absolute atomic E-state index is 0.0261. The number of hydrogen-bond donors (Lipinski definition) is 0. The molecule has 1 aromatic carbocycles. The van der Waals surface area contributed by atoms with Crippen LogP contribution in [-0.2, 0) is 6.54 Å². The Hall–Kier alpha value is -2.46. The Morgan fingerprint density at radius 2 is 2.12 bits per heavy atom. The summed E-state index contributed by atoms with van der Waals surface area (Å²) in [6.07, 6.45) is 5.66. The molecule has 0 spiro atoms. The van der Waals surface area contributed by atoms with Gasteiger partial charge in [-0.1, -0.05) is 17.7 Å². The monoisotopic (exact) mass is 351 g/mol. The maximum absolute atomic E-state index is 13.2. The van der Waals surface area contributed by atoms with Gasteiger partial charge in [0.1, 0.15) is 0 Å². The topological polar surface area (TPSA) is 46.1 Å². The molecule has 0 N–H and O–H groups in total. The first-order chi connectivity index (χ1) is 12.1. The molecule has 4 rings (SSSR count). The van der Waals surface area contributed by atoms with Crippen molar-refractivity contribution >= 4 is 28.4 Å². The summed E-state index contributed by atoms with van der Waals surface area (Å²) in [5.41, 5.74) is 3.28. The fourth-order valence-corrected chi connectivity index (χ4v) is 3.24. The van der Waals surface area contributed by atoms with Crippen LogP contribution in [0.1, 0.15) is 34.5 Å². The van der Waals surface area contributed by atoms with Gasteiger partial charge in [0, 0.05) is 35.4 Å². The normalized spacial score (nSPS) is 13.8. The molecule has 0 aliphatic heterocycles. The van der Waals surface area contributed by atoms with E-state index in [1.807, 2.05) is 54.4 Å². The van der Waals surface area contributed by atoms with Crippen LogP contribution < -0.4 is 0 Å². The maximum atomic E-state index is 13.2. The van der Waals surface area contributed by atoms with Gasteiger partial charge in [0.05, 0.1) is 16.8 Å². The number of carbonyl (C=O) groups excluding carboxylic acids is 1. The van der Waals surface area contributed by atoms with Crippen LogP contribution in [0.2, 0.25) is 5.02 Å². The van der Waals surface area contributed by atoms with Crippen molar-refractivity contribution in [3.05, 3.63) is 70.6 Å². The van der Waals surface area contributed by atoms with Crippen molar-refractivity contribution in [1.82, 2.24) is 14.9 Å². The molecule has 25 heavy (non-hydrogen) atoms. The van der Waals surface area contributed by atoms with Crippen LogP contribution in [0, 0.1) is 6.92 Å². The Morgan fingerprint density at radius 3 is 2.84 bits per heavy atom. The Labute approximate surface area is 151 Å². The summed E-state index contributed by atoms with van der Waals surface area (Å²) in [5, 5.41) is 1.53. The Bertz CT molecular complexity index is 938. The smallest absolute Gasteiger partial charge is 0.256 e. The van der Waals surface area contributed by atoms with Crippen LogP contribution in [0.3, 0.4) is 0 Å². The molecule has 1 amide bonds. The molecule has 1 aliphatic carbocycles. The lowest BCUT2D eigenvalue weighted by atomic mass is 10.1. The number of carbonyl (C=O) groups is 1. The first-order valence-electron chi connectivity index (χ1n) is 8.38. The Kier molecular flexibility index (Phi) is 4.14. The van der Waals surface area contributed by atoms with E-state index in [2.05, 4.69) is 9.97 Å². The van der Waals surface area contributed by atoms with Gasteiger partial charge in [0.25, 0.3) is 5.91 Å². The summed E-state index contributed by atoms with van der Waals surface area (Å²) in [5.74, 6) is 0.0261. The van der Waals surface area contributed by atoms with E-state index in [0.29, 0.717) is 23.2 Å². The summed E-state index contributed by atoms with van der Waals surface area (Å²) in [4.78, 5) is 23.9. The van der Waals surface area contributed by atoms with Crippen molar-refractivity contribution in [3.63, 3.8) is 0 Å². The van der Waals surface area contributed by atoms with Gasteiger partial charge < -0.3 is 4.90 Å². The molecule has 2 heterocycles. The largest absolute Gasteiger partial charge is 0.331 e. The molecular formula is C20H18ClN3O. The first-order valence-corrected chi connectivity index (χ1v) is 8.76. The third kappa shape index (κ3) is 3.35. The van der Waals surface area contributed by atoms with E-state index in [0.717, 1.165) is 35.0 Å². The number of hydrogen-bond acceptors (Lipinski definition) is 3. The Morgan fingerprint density at radius 1 is 1.28 bits per heavy atom. The number of nitrogens with zero attached hydrogens (tertiary/aromatic N) is 3. The third-order valence-electron chi connectivity index (χ3n) is 4.52. The number of pyridine rings is 2. The predicted octanol–water partition coefficient (Wildman–Crippen LogP) is 4.40. The summed E-state index contributed by atoms with van der Waals surface area (Å²) >= 11 is 6.09. The quantitative estimate of drug-likeness (QED) is 0.700. The molecule has 5 heteroatoms. The number of aryl methyl sites for hydroxylation is 1. The van der Waals surface area contributed by atoms with Gasteiger partial charge in [-0.25, -0.2) is 0 Å². The summed E-state index contributed by atoms with van der Waals surface area (Å²) < 4.78 is 0. The van der Waals surface area contributed by atoms with Crippen molar-refractivity contribution in [3.8, 4) is 0 Å². The SMILES string of the molecule is Cc1nc2ccc(Cl)cc2cc1C(=O)N(Cc1cccnc1)C1CC1.